The Morgan fingerprint density at radius 1 is 1.26 bits per heavy atom. The van der Waals surface area contributed by atoms with Crippen molar-refractivity contribution in [3.05, 3.63) is 23.8 Å². The molecule has 0 saturated heterocycles. The van der Waals surface area contributed by atoms with Crippen LogP contribution in [0.1, 0.15) is 51.0 Å². The van der Waals surface area contributed by atoms with E-state index in [0.717, 1.165) is 18.8 Å². The number of anilines is 1. The molecule has 2 rings (SSSR count). The summed E-state index contributed by atoms with van der Waals surface area (Å²) in [7, 11) is -3.55. The van der Waals surface area contributed by atoms with Crippen LogP contribution in [0.5, 0.6) is 0 Å². The van der Waals surface area contributed by atoms with E-state index in [1.165, 1.54) is 38.7 Å². The zero-order valence-electron chi connectivity index (χ0n) is 13.9. The molecule has 23 heavy (non-hydrogen) atoms. The summed E-state index contributed by atoms with van der Waals surface area (Å²) in [6.07, 6.45) is 7.15. The second-order valence-electron chi connectivity index (χ2n) is 6.35. The summed E-state index contributed by atoms with van der Waals surface area (Å²) < 4.78 is 27.6. The van der Waals surface area contributed by atoms with Gasteiger partial charge in [-0.05, 0) is 43.4 Å². The number of nitrogens with one attached hydrogen (secondary N) is 2. The normalized spacial score (nSPS) is 15.7. The zero-order chi connectivity index (χ0) is 16.9. The SMILES string of the molecule is CC(=O)Nc1ccc(C)c(S(=O)(=O)NCCCC2CCCC2)c1. The first kappa shape index (κ1) is 17.9. The van der Waals surface area contributed by atoms with Gasteiger partial charge in [-0.25, -0.2) is 13.1 Å². The van der Waals surface area contributed by atoms with Gasteiger partial charge in [0.2, 0.25) is 15.9 Å². The highest BCUT2D eigenvalue weighted by atomic mass is 32.2. The van der Waals surface area contributed by atoms with Gasteiger partial charge in [0.05, 0.1) is 4.90 Å². The molecular formula is C17H26N2O3S. The van der Waals surface area contributed by atoms with Crippen molar-refractivity contribution in [2.45, 2.75) is 57.3 Å². The molecular weight excluding hydrogens is 312 g/mol. The first-order valence-electron chi connectivity index (χ1n) is 8.26. The van der Waals surface area contributed by atoms with Crippen LogP contribution >= 0.6 is 0 Å². The molecule has 0 atom stereocenters. The van der Waals surface area contributed by atoms with Crippen molar-refractivity contribution in [1.82, 2.24) is 4.72 Å². The summed E-state index contributed by atoms with van der Waals surface area (Å²) in [6.45, 7) is 3.61. The fourth-order valence-electron chi connectivity index (χ4n) is 3.14. The van der Waals surface area contributed by atoms with E-state index in [9.17, 15) is 13.2 Å². The van der Waals surface area contributed by atoms with Crippen LogP contribution in [0.3, 0.4) is 0 Å². The topological polar surface area (TPSA) is 75.3 Å². The molecule has 0 radical (unpaired) electrons. The minimum atomic E-state index is -3.55. The third kappa shape index (κ3) is 5.32. The maximum Gasteiger partial charge on any atom is 0.240 e. The molecule has 0 unspecified atom stereocenters. The molecule has 0 aromatic heterocycles. The van der Waals surface area contributed by atoms with E-state index in [-0.39, 0.29) is 10.8 Å². The summed E-state index contributed by atoms with van der Waals surface area (Å²) in [5.41, 5.74) is 1.16. The number of carbonyl (C=O) groups is 1. The number of benzene rings is 1. The molecule has 0 aliphatic heterocycles. The van der Waals surface area contributed by atoms with Crippen LogP contribution in [-0.4, -0.2) is 20.9 Å². The number of amides is 1. The molecule has 0 bridgehead atoms. The predicted octanol–water partition coefficient (Wildman–Crippen LogP) is 3.20. The van der Waals surface area contributed by atoms with Gasteiger partial charge >= 0.3 is 0 Å². The monoisotopic (exact) mass is 338 g/mol. The van der Waals surface area contributed by atoms with Gasteiger partial charge in [0.15, 0.2) is 0 Å². The Balaban J connectivity index is 1.96. The van der Waals surface area contributed by atoms with Gasteiger partial charge in [-0.15, -0.1) is 0 Å². The summed E-state index contributed by atoms with van der Waals surface area (Å²) in [5.74, 6) is 0.547. The van der Waals surface area contributed by atoms with Gasteiger partial charge < -0.3 is 5.32 Å². The van der Waals surface area contributed by atoms with E-state index < -0.39 is 10.0 Å². The number of aryl methyl sites for hydroxylation is 1. The molecule has 5 nitrogen and oxygen atoms in total. The second-order valence-corrected chi connectivity index (χ2v) is 8.09. The van der Waals surface area contributed by atoms with Crippen molar-refractivity contribution < 1.29 is 13.2 Å². The lowest BCUT2D eigenvalue weighted by Crippen LogP contribution is -2.26. The molecule has 0 spiro atoms. The lowest BCUT2D eigenvalue weighted by atomic mass is 10.0. The first-order valence-corrected chi connectivity index (χ1v) is 9.75. The van der Waals surface area contributed by atoms with E-state index in [1.807, 2.05) is 0 Å². The molecule has 6 heteroatoms. The third-order valence-corrected chi connectivity index (χ3v) is 5.96. The molecule has 0 heterocycles. The minimum Gasteiger partial charge on any atom is -0.326 e. The summed E-state index contributed by atoms with van der Waals surface area (Å²) in [6, 6.07) is 4.92. The smallest absolute Gasteiger partial charge is 0.240 e. The number of hydrogen-bond acceptors (Lipinski definition) is 3. The van der Waals surface area contributed by atoms with Crippen LogP contribution in [-0.2, 0) is 14.8 Å². The number of hydrogen-bond donors (Lipinski definition) is 2. The number of carbonyl (C=O) groups excluding carboxylic acids is 1. The van der Waals surface area contributed by atoms with E-state index in [4.69, 9.17) is 0 Å². The highest BCUT2D eigenvalue weighted by molar-refractivity contribution is 7.89. The number of sulfonamides is 1. The standard InChI is InChI=1S/C17H26N2O3S/c1-13-9-10-16(19-14(2)20)12-17(13)23(21,22)18-11-5-8-15-6-3-4-7-15/h9-10,12,15,18H,3-8,11H2,1-2H3,(H,19,20). The average molecular weight is 338 g/mol. The lowest BCUT2D eigenvalue weighted by molar-refractivity contribution is -0.114. The van der Waals surface area contributed by atoms with Crippen molar-refractivity contribution in [2.75, 3.05) is 11.9 Å². The predicted molar refractivity (Wildman–Crippen MR) is 91.9 cm³/mol. The van der Waals surface area contributed by atoms with E-state index in [1.54, 1.807) is 19.1 Å². The summed E-state index contributed by atoms with van der Waals surface area (Å²) >= 11 is 0. The van der Waals surface area contributed by atoms with E-state index in [0.29, 0.717) is 17.8 Å². The van der Waals surface area contributed by atoms with Gasteiger partial charge in [-0.1, -0.05) is 31.7 Å². The molecule has 2 N–H and O–H groups in total. The van der Waals surface area contributed by atoms with Crippen LogP contribution in [0.25, 0.3) is 0 Å². The molecule has 1 amide bonds. The van der Waals surface area contributed by atoms with Gasteiger partial charge in [0.25, 0.3) is 0 Å². The van der Waals surface area contributed by atoms with E-state index >= 15 is 0 Å². The maximum atomic E-state index is 12.5. The molecule has 128 valence electrons. The molecule has 1 aliphatic carbocycles. The van der Waals surface area contributed by atoms with Gasteiger partial charge in [-0.2, -0.15) is 0 Å². The maximum absolute atomic E-state index is 12.5. The van der Waals surface area contributed by atoms with Crippen LogP contribution in [0, 0.1) is 12.8 Å². The fourth-order valence-corrected chi connectivity index (χ4v) is 4.49. The fraction of sp³-hybridized carbons (Fsp3) is 0.588. The van der Waals surface area contributed by atoms with Crippen LogP contribution < -0.4 is 10.0 Å². The Bertz CT molecular complexity index is 650. The Morgan fingerprint density at radius 2 is 1.96 bits per heavy atom. The molecule has 1 fully saturated rings. The quantitative estimate of drug-likeness (QED) is 0.750. The molecule has 1 aromatic carbocycles. The van der Waals surface area contributed by atoms with Gasteiger partial charge in [0, 0.05) is 19.2 Å². The van der Waals surface area contributed by atoms with Gasteiger partial charge in [-0.3, -0.25) is 4.79 Å². The van der Waals surface area contributed by atoms with Crippen molar-refractivity contribution >= 4 is 21.6 Å². The highest BCUT2D eigenvalue weighted by Gasteiger charge is 2.18. The Kier molecular flexibility index (Phi) is 6.18. The highest BCUT2D eigenvalue weighted by Crippen LogP contribution is 2.28. The Morgan fingerprint density at radius 3 is 2.61 bits per heavy atom. The molecule has 1 saturated carbocycles. The lowest BCUT2D eigenvalue weighted by Gasteiger charge is -2.12. The average Bonchev–Trinajstić information content (AvgIpc) is 2.98. The Hall–Kier alpha value is -1.40. The van der Waals surface area contributed by atoms with Crippen molar-refractivity contribution in [3.8, 4) is 0 Å². The van der Waals surface area contributed by atoms with E-state index in [2.05, 4.69) is 10.0 Å². The van der Waals surface area contributed by atoms with Crippen LogP contribution in [0.2, 0.25) is 0 Å². The summed E-state index contributed by atoms with van der Waals surface area (Å²) in [4.78, 5) is 11.3. The second kappa shape index (κ2) is 7.93. The van der Waals surface area contributed by atoms with Crippen molar-refractivity contribution in [3.63, 3.8) is 0 Å². The number of rotatable bonds is 7. The van der Waals surface area contributed by atoms with Crippen LogP contribution in [0.4, 0.5) is 5.69 Å². The summed E-state index contributed by atoms with van der Waals surface area (Å²) in [5, 5.41) is 2.62. The van der Waals surface area contributed by atoms with Crippen LogP contribution in [0.15, 0.2) is 23.1 Å². The third-order valence-electron chi connectivity index (χ3n) is 4.35. The van der Waals surface area contributed by atoms with Gasteiger partial charge in [0.1, 0.15) is 0 Å². The molecule has 1 aliphatic rings. The first-order chi connectivity index (χ1) is 10.9. The largest absolute Gasteiger partial charge is 0.326 e. The Labute approximate surface area is 138 Å². The minimum absolute atomic E-state index is 0.221. The van der Waals surface area contributed by atoms with Crippen molar-refractivity contribution in [1.29, 1.82) is 0 Å². The van der Waals surface area contributed by atoms with Crippen molar-refractivity contribution in [2.24, 2.45) is 5.92 Å². The zero-order valence-corrected chi connectivity index (χ0v) is 14.7. The molecule has 1 aromatic rings.